The van der Waals surface area contributed by atoms with Crippen LogP contribution in [0.15, 0.2) is 24.3 Å². The highest BCUT2D eigenvalue weighted by molar-refractivity contribution is 5.28. The van der Waals surface area contributed by atoms with Gasteiger partial charge >= 0.3 is 6.18 Å². The van der Waals surface area contributed by atoms with E-state index in [1.165, 1.54) is 12.1 Å². The third-order valence-electron chi connectivity index (χ3n) is 1.33. The first-order valence-corrected chi connectivity index (χ1v) is 3.59. The number of hydrogen-bond acceptors (Lipinski definition) is 1. The molecule has 1 rings (SSSR count). The summed E-state index contributed by atoms with van der Waals surface area (Å²) >= 11 is 0. The maximum atomic E-state index is 11.7. The Labute approximate surface area is 74.1 Å². The average Bonchev–Trinajstić information content (AvgIpc) is 2.02. The van der Waals surface area contributed by atoms with Crippen molar-refractivity contribution in [3.05, 3.63) is 36.8 Å². The summed E-state index contributed by atoms with van der Waals surface area (Å²) in [6.07, 6.45) is -4.29. The fraction of sp³-hybridized carbons (Fsp3) is 0.222. The van der Waals surface area contributed by atoms with E-state index in [0.29, 0.717) is 0 Å². The molecular formula is C9H8F3O. The fourth-order valence-corrected chi connectivity index (χ4v) is 0.751. The molecule has 0 spiro atoms. The second-order valence-electron chi connectivity index (χ2n) is 2.55. The molecule has 1 aromatic carbocycles. The molecular weight excluding hydrogens is 181 g/mol. The van der Waals surface area contributed by atoms with Crippen LogP contribution in [0.3, 0.4) is 0 Å². The monoisotopic (exact) mass is 189 g/mol. The second kappa shape index (κ2) is 3.68. The molecule has 0 heterocycles. The third kappa shape index (κ3) is 3.83. The Morgan fingerprint density at radius 2 is 1.69 bits per heavy atom. The average molecular weight is 189 g/mol. The fourth-order valence-electron chi connectivity index (χ4n) is 0.751. The zero-order valence-corrected chi connectivity index (χ0v) is 6.77. The van der Waals surface area contributed by atoms with Crippen molar-refractivity contribution >= 4 is 0 Å². The maximum Gasteiger partial charge on any atom is 0.422 e. The molecule has 0 aliphatic heterocycles. The zero-order chi connectivity index (χ0) is 9.90. The summed E-state index contributed by atoms with van der Waals surface area (Å²) in [7, 11) is 0. The lowest BCUT2D eigenvalue weighted by molar-refractivity contribution is -0.153. The molecule has 0 N–H and O–H groups in total. The lowest BCUT2D eigenvalue weighted by atomic mass is 10.2. The molecule has 0 unspecified atom stereocenters. The van der Waals surface area contributed by atoms with E-state index in [9.17, 15) is 13.2 Å². The quantitative estimate of drug-likeness (QED) is 0.695. The molecule has 4 heteroatoms. The van der Waals surface area contributed by atoms with E-state index in [-0.39, 0.29) is 5.75 Å². The summed E-state index contributed by atoms with van der Waals surface area (Å²) in [6.45, 7) is 2.33. The number of hydrogen-bond donors (Lipinski definition) is 0. The molecule has 1 nitrogen and oxygen atoms in total. The van der Waals surface area contributed by atoms with Crippen LogP contribution in [0.1, 0.15) is 5.56 Å². The van der Waals surface area contributed by atoms with Gasteiger partial charge in [0, 0.05) is 0 Å². The molecule has 1 aromatic rings. The van der Waals surface area contributed by atoms with Crippen molar-refractivity contribution in [3.8, 4) is 5.75 Å². The molecule has 1 radical (unpaired) electrons. The van der Waals surface area contributed by atoms with E-state index in [1.54, 1.807) is 12.1 Å². The van der Waals surface area contributed by atoms with Gasteiger partial charge in [-0.2, -0.15) is 13.2 Å². The summed E-state index contributed by atoms with van der Waals surface area (Å²) in [5, 5.41) is 0. The molecule has 0 aliphatic rings. The van der Waals surface area contributed by atoms with Crippen molar-refractivity contribution in [1.82, 2.24) is 0 Å². The lowest BCUT2D eigenvalue weighted by Gasteiger charge is -2.08. The van der Waals surface area contributed by atoms with Crippen LogP contribution in [0.2, 0.25) is 0 Å². The summed E-state index contributed by atoms with van der Waals surface area (Å²) in [5.74, 6) is 0.199. The Balaban J connectivity index is 2.51. The Hall–Kier alpha value is -1.19. The highest BCUT2D eigenvalue weighted by Crippen LogP contribution is 2.18. The van der Waals surface area contributed by atoms with Gasteiger partial charge in [-0.15, -0.1) is 0 Å². The Morgan fingerprint density at radius 3 is 2.15 bits per heavy atom. The van der Waals surface area contributed by atoms with E-state index in [4.69, 9.17) is 0 Å². The number of benzene rings is 1. The molecule has 13 heavy (non-hydrogen) atoms. The molecule has 0 saturated heterocycles. The van der Waals surface area contributed by atoms with Gasteiger partial charge in [0.05, 0.1) is 0 Å². The van der Waals surface area contributed by atoms with Gasteiger partial charge < -0.3 is 4.74 Å². The Kier molecular flexibility index (Phi) is 2.80. The van der Waals surface area contributed by atoms with E-state index in [1.807, 2.05) is 0 Å². The highest BCUT2D eigenvalue weighted by atomic mass is 19.4. The molecule has 0 amide bonds. The van der Waals surface area contributed by atoms with Crippen LogP contribution in [0.25, 0.3) is 0 Å². The predicted molar refractivity (Wildman–Crippen MR) is 42.5 cm³/mol. The number of ether oxygens (including phenoxy) is 1. The van der Waals surface area contributed by atoms with Crippen LogP contribution in [-0.4, -0.2) is 12.8 Å². The number of rotatable bonds is 2. The Bertz CT molecular complexity index is 263. The second-order valence-corrected chi connectivity index (χ2v) is 2.55. The minimum atomic E-state index is -4.29. The Morgan fingerprint density at radius 1 is 1.15 bits per heavy atom. The van der Waals surface area contributed by atoms with Crippen molar-refractivity contribution in [3.63, 3.8) is 0 Å². The lowest BCUT2D eigenvalue weighted by Crippen LogP contribution is -2.19. The summed E-state index contributed by atoms with van der Waals surface area (Å²) in [4.78, 5) is 0. The molecule has 0 aliphatic carbocycles. The molecule has 71 valence electrons. The van der Waals surface area contributed by atoms with Gasteiger partial charge in [-0.3, -0.25) is 0 Å². The zero-order valence-electron chi connectivity index (χ0n) is 6.77. The van der Waals surface area contributed by atoms with E-state index in [2.05, 4.69) is 11.7 Å². The van der Waals surface area contributed by atoms with Crippen molar-refractivity contribution in [1.29, 1.82) is 0 Å². The van der Waals surface area contributed by atoms with Gasteiger partial charge in [0.25, 0.3) is 0 Å². The van der Waals surface area contributed by atoms with Gasteiger partial charge in [0.1, 0.15) is 5.75 Å². The van der Waals surface area contributed by atoms with E-state index in [0.717, 1.165) is 5.56 Å². The molecule has 0 aromatic heterocycles. The van der Waals surface area contributed by atoms with Gasteiger partial charge in [-0.1, -0.05) is 12.1 Å². The van der Waals surface area contributed by atoms with Gasteiger partial charge in [-0.25, -0.2) is 0 Å². The van der Waals surface area contributed by atoms with Gasteiger partial charge in [-0.05, 0) is 24.6 Å². The highest BCUT2D eigenvalue weighted by Gasteiger charge is 2.28. The largest absolute Gasteiger partial charge is 0.484 e. The van der Waals surface area contributed by atoms with Crippen LogP contribution in [0.5, 0.6) is 5.75 Å². The standard InChI is InChI=1S/C9H8F3O/c1-7-2-4-8(5-3-7)13-6-9(10,11)12/h2-5H,1,6H2. The van der Waals surface area contributed by atoms with E-state index < -0.39 is 12.8 Å². The first-order chi connectivity index (χ1) is 5.97. The van der Waals surface area contributed by atoms with Gasteiger partial charge in [0.2, 0.25) is 0 Å². The van der Waals surface area contributed by atoms with Crippen LogP contribution in [0, 0.1) is 6.92 Å². The summed E-state index contributed by atoms with van der Waals surface area (Å²) in [5.41, 5.74) is 0.736. The molecule has 0 saturated carbocycles. The normalized spacial score (nSPS) is 11.4. The van der Waals surface area contributed by atoms with E-state index >= 15 is 0 Å². The number of halogens is 3. The van der Waals surface area contributed by atoms with Crippen LogP contribution in [-0.2, 0) is 0 Å². The molecule has 0 atom stereocenters. The SMILES string of the molecule is [CH2]c1ccc(OCC(F)(F)F)cc1. The van der Waals surface area contributed by atoms with Crippen molar-refractivity contribution in [2.24, 2.45) is 0 Å². The van der Waals surface area contributed by atoms with Crippen LogP contribution in [0.4, 0.5) is 13.2 Å². The van der Waals surface area contributed by atoms with Crippen molar-refractivity contribution < 1.29 is 17.9 Å². The van der Waals surface area contributed by atoms with Gasteiger partial charge in [0.15, 0.2) is 6.61 Å². The first-order valence-electron chi connectivity index (χ1n) is 3.59. The van der Waals surface area contributed by atoms with Crippen LogP contribution < -0.4 is 4.74 Å². The smallest absolute Gasteiger partial charge is 0.422 e. The summed E-state index contributed by atoms with van der Waals surface area (Å²) in [6, 6.07) is 6.08. The van der Waals surface area contributed by atoms with Crippen molar-refractivity contribution in [2.75, 3.05) is 6.61 Å². The topological polar surface area (TPSA) is 9.23 Å². The van der Waals surface area contributed by atoms with Crippen LogP contribution >= 0.6 is 0 Å². The predicted octanol–water partition coefficient (Wildman–Crippen LogP) is 2.81. The summed E-state index contributed by atoms with van der Waals surface area (Å²) < 4.78 is 39.5. The first kappa shape index (κ1) is 9.89. The minimum absolute atomic E-state index is 0.199. The molecule has 0 bridgehead atoms. The van der Waals surface area contributed by atoms with Crippen molar-refractivity contribution in [2.45, 2.75) is 6.18 Å². The number of alkyl halides is 3. The minimum Gasteiger partial charge on any atom is -0.484 e. The maximum absolute atomic E-state index is 11.7. The third-order valence-corrected chi connectivity index (χ3v) is 1.33. The molecule has 0 fully saturated rings.